The molecule has 0 fully saturated rings. The van der Waals surface area contributed by atoms with E-state index >= 15 is 0 Å². The normalized spacial score (nSPS) is 24.7. The maximum atomic E-state index is 13.2. The van der Waals surface area contributed by atoms with E-state index in [9.17, 15) is 14.3 Å². The Balaban J connectivity index is 1.83. The number of hydrogen-bond acceptors (Lipinski definition) is 3. The molecule has 116 valence electrons. The highest BCUT2D eigenvalue weighted by atomic mass is 19.1. The molecule has 0 saturated heterocycles. The lowest BCUT2D eigenvalue weighted by Crippen LogP contribution is -2.32. The smallest absolute Gasteiger partial charge is 0.123 e. The molecule has 0 amide bonds. The molecular weight excluding hydrogens is 293 g/mol. The number of aromatic carboxylic acids is 1. The number of benzene rings is 2. The van der Waals surface area contributed by atoms with Crippen molar-refractivity contribution in [1.29, 1.82) is 0 Å². The molecule has 2 aromatic carbocycles. The molecule has 0 unspecified atom stereocenters. The van der Waals surface area contributed by atoms with Crippen molar-refractivity contribution in [2.45, 2.75) is 18.4 Å². The minimum Gasteiger partial charge on any atom is -0.545 e. The van der Waals surface area contributed by atoms with E-state index in [1.807, 2.05) is 6.07 Å². The van der Waals surface area contributed by atoms with Gasteiger partial charge in [-0.2, -0.15) is 0 Å². The second-order valence-corrected chi connectivity index (χ2v) is 6.08. The summed E-state index contributed by atoms with van der Waals surface area (Å²) < 4.78 is 13.2. The number of fused-ring (bicyclic) bond motifs is 3. The van der Waals surface area contributed by atoms with Gasteiger partial charge in [0.05, 0.1) is 12.0 Å². The molecule has 1 aliphatic heterocycles. The Morgan fingerprint density at radius 3 is 2.70 bits per heavy atom. The molecule has 0 radical (unpaired) electrons. The molecular formula is C19H15FNO2-. The fraction of sp³-hybridized carbons (Fsp3) is 0.211. The molecule has 1 heterocycles. The van der Waals surface area contributed by atoms with Gasteiger partial charge >= 0.3 is 0 Å². The van der Waals surface area contributed by atoms with E-state index in [1.165, 1.54) is 12.1 Å². The van der Waals surface area contributed by atoms with Gasteiger partial charge in [-0.3, -0.25) is 0 Å². The van der Waals surface area contributed by atoms with Gasteiger partial charge in [0.25, 0.3) is 0 Å². The maximum absolute atomic E-state index is 13.2. The van der Waals surface area contributed by atoms with Gasteiger partial charge in [0.15, 0.2) is 0 Å². The zero-order valence-corrected chi connectivity index (χ0v) is 12.3. The zero-order chi connectivity index (χ0) is 16.0. The van der Waals surface area contributed by atoms with E-state index in [0.29, 0.717) is 11.6 Å². The van der Waals surface area contributed by atoms with Crippen molar-refractivity contribution in [3.63, 3.8) is 0 Å². The number of carbonyl (C=O) groups excluding carboxylic acids is 1. The number of halogens is 1. The third-order valence-corrected chi connectivity index (χ3v) is 4.85. The average Bonchev–Trinajstić information content (AvgIpc) is 3.04. The van der Waals surface area contributed by atoms with Crippen LogP contribution in [0.2, 0.25) is 0 Å². The summed E-state index contributed by atoms with van der Waals surface area (Å²) in [6.07, 6.45) is 5.18. The standard InChI is InChI=1S/C19H16FNO2/c20-12-9-7-11(8-10-12)17-14-4-1-3-13(14)15-5-2-6-16(19(22)23)18(15)21-17/h1-3,5-10,13-14,17,21H,4H2,(H,22,23)/p-1/t13-,14-,17-/m0/s1. The first-order valence-corrected chi connectivity index (χ1v) is 7.68. The summed E-state index contributed by atoms with van der Waals surface area (Å²) in [5.74, 6) is -1.00. The first kappa shape index (κ1) is 14.0. The molecule has 0 bridgehead atoms. The first-order chi connectivity index (χ1) is 11.1. The van der Waals surface area contributed by atoms with Gasteiger partial charge < -0.3 is 15.2 Å². The van der Waals surface area contributed by atoms with E-state index in [1.54, 1.807) is 24.3 Å². The number of allylic oxidation sites excluding steroid dienone is 2. The first-order valence-electron chi connectivity index (χ1n) is 7.68. The topological polar surface area (TPSA) is 52.2 Å². The summed E-state index contributed by atoms with van der Waals surface area (Å²) >= 11 is 0. The van der Waals surface area contributed by atoms with Crippen molar-refractivity contribution < 1.29 is 14.3 Å². The van der Waals surface area contributed by atoms with Gasteiger partial charge in [0.2, 0.25) is 0 Å². The Labute approximate surface area is 133 Å². The third kappa shape index (κ3) is 2.22. The maximum Gasteiger partial charge on any atom is 0.123 e. The number of carbonyl (C=O) groups is 1. The second kappa shape index (κ2) is 5.23. The van der Waals surface area contributed by atoms with Crippen LogP contribution in [0.25, 0.3) is 0 Å². The predicted octanol–water partition coefficient (Wildman–Crippen LogP) is 3.02. The van der Waals surface area contributed by atoms with E-state index in [0.717, 1.165) is 17.5 Å². The summed E-state index contributed by atoms with van der Waals surface area (Å²) in [6, 6.07) is 11.6. The number of hydrogen-bond donors (Lipinski definition) is 1. The van der Waals surface area contributed by atoms with Crippen molar-refractivity contribution in [2.24, 2.45) is 5.92 Å². The van der Waals surface area contributed by atoms with Gasteiger partial charge in [0.1, 0.15) is 5.82 Å². The molecule has 0 saturated carbocycles. The van der Waals surface area contributed by atoms with Gasteiger partial charge in [0, 0.05) is 17.2 Å². The van der Waals surface area contributed by atoms with Gasteiger partial charge in [-0.25, -0.2) is 4.39 Å². The lowest BCUT2D eigenvalue weighted by atomic mass is 9.76. The Hall–Kier alpha value is -2.62. The van der Waals surface area contributed by atoms with Crippen molar-refractivity contribution in [1.82, 2.24) is 0 Å². The van der Waals surface area contributed by atoms with Crippen LogP contribution >= 0.6 is 0 Å². The van der Waals surface area contributed by atoms with Crippen LogP contribution in [0.5, 0.6) is 0 Å². The monoisotopic (exact) mass is 308 g/mol. The van der Waals surface area contributed by atoms with Crippen molar-refractivity contribution >= 4 is 11.7 Å². The Morgan fingerprint density at radius 1 is 1.17 bits per heavy atom. The fourth-order valence-electron chi connectivity index (χ4n) is 3.79. The summed E-state index contributed by atoms with van der Waals surface area (Å²) in [5.41, 5.74) is 2.75. The predicted molar refractivity (Wildman–Crippen MR) is 83.5 cm³/mol. The van der Waals surface area contributed by atoms with Crippen LogP contribution in [0.15, 0.2) is 54.6 Å². The van der Waals surface area contributed by atoms with Crippen molar-refractivity contribution in [2.75, 3.05) is 5.32 Å². The quantitative estimate of drug-likeness (QED) is 0.868. The highest BCUT2D eigenvalue weighted by molar-refractivity contribution is 5.94. The number of para-hydroxylation sites is 1. The summed E-state index contributed by atoms with van der Waals surface area (Å²) in [7, 11) is 0. The molecule has 3 atom stereocenters. The molecule has 2 aromatic rings. The van der Waals surface area contributed by atoms with Crippen LogP contribution in [0, 0.1) is 11.7 Å². The largest absolute Gasteiger partial charge is 0.545 e. The third-order valence-electron chi connectivity index (χ3n) is 4.85. The minimum atomic E-state index is -1.19. The number of nitrogens with one attached hydrogen (secondary N) is 1. The Bertz CT molecular complexity index is 798. The Kier molecular flexibility index (Phi) is 3.18. The Morgan fingerprint density at radius 2 is 1.96 bits per heavy atom. The van der Waals surface area contributed by atoms with Gasteiger partial charge in [-0.05, 0) is 35.6 Å². The lowest BCUT2D eigenvalue weighted by Gasteiger charge is -2.38. The summed E-state index contributed by atoms with van der Waals surface area (Å²) in [5, 5.41) is 14.8. The highest BCUT2D eigenvalue weighted by Crippen LogP contribution is 2.50. The molecule has 4 rings (SSSR count). The highest BCUT2D eigenvalue weighted by Gasteiger charge is 2.38. The van der Waals surface area contributed by atoms with Crippen molar-refractivity contribution in [3.8, 4) is 0 Å². The van der Waals surface area contributed by atoms with E-state index in [2.05, 4.69) is 17.5 Å². The summed E-state index contributed by atoms with van der Waals surface area (Å²) in [4.78, 5) is 11.4. The van der Waals surface area contributed by atoms with E-state index in [4.69, 9.17) is 0 Å². The fourth-order valence-corrected chi connectivity index (χ4v) is 3.79. The SMILES string of the molecule is O=C([O-])c1cccc2c1N[C@@H](c1ccc(F)cc1)[C@H]1CC=C[C@H]21. The molecule has 0 spiro atoms. The minimum absolute atomic E-state index is 0.0522. The number of rotatable bonds is 2. The van der Waals surface area contributed by atoms with Crippen LogP contribution in [-0.4, -0.2) is 5.97 Å². The number of carboxylic acids is 1. The van der Waals surface area contributed by atoms with E-state index < -0.39 is 5.97 Å². The molecule has 4 heteroatoms. The van der Waals surface area contributed by atoms with Crippen LogP contribution < -0.4 is 10.4 Å². The molecule has 0 aromatic heterocycles. The van der Waals surface area contributed by atoms with Gasteiger partial charge in [-0.15, -0.1) is 0 Å². The van der Waals surface area contributed by atoms with Crippen LogP contribution in [0.1, 0.15) is 39.9 Å². The lowest BCUT2D eigenvalue weighted by molar-refractivity contribution is -0.254. The molecule has 23 heavy (non-hydrogen) atoms. The van der Waals surface area contributed by atoms with Crippen LogP contribution in [0.3, 0.4) is 0 Å². The molecule has 1 N–H and O–H groups in total. The molecule has 1 aliphatic carbocycles. The molecule has 3 nitrogen and oxygen atoms in total. The van der Waals surface area contributed by atoms with Crippen LogP contribution in [-0.2, 0) is 0 Å². The second-order valence-electron chi connectivity index (χ2n) is 6.08. The number of carboxylic acid groups (broad SMARTS) is 1. The van der Waals surface area contributed by atoms with Crippen molar-refractivity contribution in [3.05, 3.63) is 77.1 Å². The molecule has 2 aliphatic rings. The zero-order valence-electron chi connectivity index (χ0n) is 12.3. The van der Waals surface area contributed by atoms with Crippen LogP contribution in [0.4, 0.5) is 10.1 Å². The van der Waals surface area contributed by atoms with E-state index in [-0.39, 0.29) is 23.3 Å². The van der Waals surface area contributed by atoms with Gasteiger partial charge in [-0.1, -0.05) is 42.5 Å². The average molecular weight is 308 g/mol. The summed E-state index contributed by atoms with van der Waals surface area (Å²) in [6.45, 7) is 0. The number of anilines is 1.